The third-order valence-corrected chi connectivity index (χ3v) is 3.52. The molecule has 0 radical (unpaired) electrons. The van der Waals surface area contributed by atoms with Gasteiger partial charge in [-0.1, -0.05) is 48.0 Å². The van der Waals surface area contributed by atoms with E-state index in [1.807, 2.05) is 49.4 Å². The van der Waals surface area contributed by atoms with Crippen LogP contribution < -0.4 is 10.8 Å². The molecule has 2 rings (SSSR count). The zero-order chi connectivity index (χ0) is 16.7. The van der Waals surface area contributed by atoms with Crippen LogP contribution in [-0.2, 0) is 22.4 Å². The summed E-state index contributed by atoms with van der Waals surface area (Å²) in [5.41, 5.74) is 5.26. The molecular formula is C18H20N2O3. The summed E-state index contributed by atoms with van der Waals surface area (Å²) in [6, 6.07) is 15.2. The monoisotopic (exact) mass is 312 g/mol. The Kier molecular flexibility index (Phi) is 5.88. The van der Waals surface area contributed by atoms with Gasteiger partial charge in [0.05, 0.1) is 6.42 Å². The number of hydrogen-bond acceptors (Lipinski definition) is 3. The van der Waals surface area contributed by atoms with Gasteiger partial charge in [-0.3, -0.25) is 14.8 Å². The number of amides is 2. The van der Waals surface area contributed by atoms with Crippen LogP contribution >= 0.6 is 0 Å². The number of anilines is 1. The molecule has 2 aromatic carbocycles. The predicted molar refractivity (Wildman–Crippen MR) is 88.2 cm³/mol. The van der Waals surface area contributed by atoms with Crippen LogP contribution in [0, 0.1) is 6.92 Å². The van der Waals surface area contributed by atoms with Gasteiger partial charge in [0.15, 0.2) is 0 Å². The molecule has 0 aliphatic heterocycles. The van der Waals surface area contributed by atoms with Crippen molar-refractivity contribution in [1.82, 2.24) is 5.48 Å². The maximum absolute atomic E-state index is 12.2. The highest BCUT2D eigenvalue weighted by atomic mass is 16.5. The van der Waals surface area contributed by atoms with Crippen molar-refractivity contribution in [2.75, 3.05) is 5.32 Å². The van der Waals surface area contributed by atoms with E-state index in [9.17, 15) is 9.59 Å². The molecule has 0 fully saturated rings. The van der Waals surface area contributed by atoms with Crippen LogP contribution in [0.5, 0.6) is 0 Å². The van der Waals surface area contributed by atoms with Crippen LogP contribution in [0.2, 0.25) is 0 Å². The topological polar surface area (TPSA) is 78.4 Å². The number of hydrogen-bond donors (Lipinski definition) is 3. The summed E-state index contributed by atoms with van der Waals surface area (Å²) in [4.78, 5) is 23.3. The molecule has 2 amide bonds. The van der Waals surface area contributed by atoms with Crippen LogP contribution in [0.15, 0.2) is 48.5 Å². The normalized spacial score (nSPS) is 10.2. The number of hydroxylamine groups is 1. The van der Waals surface area contributed by atoms with Gasteiger partial charge in [-0.15, -0.1) is 0 Å². The van der Waals surface area contributed by atoms with Crippen molar-refractivity contribution in [2.45, 2.75) is 26.2 Å². The average molecular weight is 312 g/mol. The van der Waals surface area contributed by atoms with Gasteiger partial charge < -0.3 is 5.32 Å². The van der Waals surface area contributed by atoms with Gasteiger partial charge in [-0.05, 0) is 30.5 Å². The lowest BCUT2D eigenvalue weighted by Gasteiger charge is -2.11. The summed E-state index contributed by atoms with van der Waals surface area (Å²) in [7, 11) is 0. The van der Waals surface area contributed by atoms with Crippen molar-refractivity contribution in [3.63, 3.8) is 0 Å². The number of rotatable bonds is 6. The average Bonchev–Trinajstić information content (AvgIpc) is 2.55. The minimum Gasteiger partial charge on any atom is -0.326 e. The second-order valence-corrected chi connectivity index (χ2v) is 5.40. The predicted octanol–water partition coefficient (Wildman–Crippen LogP) is 2.61. The standard InChI is InChI=1S/C18H20N2O3/c1-13-6-8-14(9-7-13)12-18(22)19-16-5-3-2-4-15(16)10-11-17(21)20-23/h2-9,23H,10-12H2,1H3,(H,19,22)(H,20,21). The van der Waals surface area contributed by atoms with Gasteiger partial charge >= 0.3 is 0 Å². The van der Waals surface area contributed by atoms with Gasteiger partial charge in [-0.2, -0.15) is 0 Å². The zero-order valence-corrected chi connectivity index (χ0v) is 13.0. The summed E-state index contributed by atoms with van der Waals surface area (Å²) >= 11 is 0. The van der Waals surface area contributed by atoms with Crippen LogP contribution in [-0.4, -0.2) is 17.0 Å². The minimum atomic E-state index is -0.453. The Bertz CT molecular complexity index is 681. The molecule has 0 spiro atoms. The first-order valence-corrected chi connectivity index (χ1v) is 7.44. The van der Waals surface area contributed by atoms with E-state index < -0.39 is 5.91 Å². The maximum Gasteiger partial charge on any atom is 0.243 e. The van der Waals surface area contributed by atoms with Gasteiger partial charge in [0.2, 0.25) is 11.8 Å². The number of nitrogens with one attached hydrogen (secondary N) is 2. The molecule has 5 nitrogen and oxygen atoms in total. The summed E-state index contributed by atoms with van der Waals surface area (Å²) in [5, 5.41) is 11.4. The fourth-order valence-corrected chi connectivity index (χ4v) is 2.25. The number of carbonyl (C=O) groups is 2. The van der Waals surface area contributed by atoms with Gasteiger partial charge in [0.1, 0.15) is 0 Å². The van der Waals surface area contributed by atoms with E-state index in [1.165, 1.54) is 0 Å². The fraction of sp³-hybridized carbons (Fsp3) is 0.222. The smallest absolute Gasteiger partial charge is 0.243 e. The molecule has 0 saturated heterocycles. The first-order chi connectivity index (χ1) is 11.1. The van der Waals surface area contributed by atoms with Gasteiger partial charge in [-0.25, -0.2) is 5.48 Å². The summed E-state index contributed by atoms with van der Waals surface area (Å²) in [6.45, 7) is 2.00. The van der Waals surface area contributed by atoms with Crippen LogP contribution in [0.3, 0.4) is 0 Å². The van der Waals surface area contributed by atoms with Crippen LogP contribution in [0.1, 0.15) is 23.1 Å². The van der Waals surface area contributed by atoms with Crippen molar-refractivity contribution < 1.29 is 14.8 Å². The molecular weight excluding hydrogens is 292 g/mol. The van der Waals surface area contributed by atoms with Crippen molar-refractivity contribution in [3.05, 3.63) is 65.2 Å². The lowest BCUT2D eigenvalue weighted by atomic mass is 10.1. The highest BCUT2D eigenvalue weighted by Gasteiger charge is 2.09. The molecule has 0 aliphatic rings. The Morgan fingerprint density at radius 3 is 2.39 bits per heavy atom. The van der Waals surface area contributed by atoms with Crippen molar-refractivity contribution in [1.29, 1.82) is 0 Å². The molecule has 2 aromatic rings. The molecule has 5 heteroatoms. The molecule has 0 aliphatic carbocycles. The van der Waals surface area contributed by atoms with Gasteiger partial charge in [0, 0.05) is 12.1 Å². The molecule has 0 heterocycles. The number of para-hydroxylation sites is 1. The Balaban J connectivity index is 2.00. The Hall–Kier alpha value is -2.66. The van der Waals surface area contributed by atoms with Crippen LogP contribution in [0.4, 0.5) is 5.69 Å². The van der Waals surface area contributed by atoms with E-state index in [-0.39, 0.29) is 12.3 Å². The maximum atomic E-state index is 12.2. The third kappa shape index (κ3) is 5.23. The Morgan fingerprint density at radius 2 is 1.70 bits per heavy atom. The van der Waals surface area contributed by atoms with E-state index >= 15 is 0 Å². The second-order valence-electron chi connectivity index (χ2n) is 5.40. The first-order valence-electron chi connectivity index (χ1n) is 7.44. The van der Waals surface area contributed by atoms with E-state index in [0.717, 1.165) is 16.7 Å². The highest BCUT2D eigenvalue weighted by Crippen LogP contribution is 2.17. The highest BCUT2D eigenvalue weighted by molar-refractivity contribution is 5.93. The Morgan fingerprint density at radius 1 is 1.00 bits per heavy atom. The molecule has 23 heavy (non-hydrogen) atoms. The van der Waals surface area contributed by atoms with Crippen LogP contribution in [0.25, 0.3) is 0 Å². The lowest BCUT2D eigenvalue weighted by molar-refractivity contribution is -0.129. The quantitative estimate of drug-likeness (QED) is 0.567. The molecule has 0 bridgehead atoms. The van der Waals surface area contributed by atoms with Crippen molar-refractivity contribution >= 4 is 17.5 Å². The van der Waals surface area contributed by atoms with E-state index in [0.29, 0.717) is 18.5 Å². The van der Waals surface area contributed by atoms with E-state index in [1.54, 1.807) is 11.5 Å². The molecule has 0 atom stereocenters. The summed E-state index contributed by atoms with van der Waals surface area (Å²) in [5.74, 6) is -0.557. The fourth-order valence-electron chi connectivity index (χ4n) is 2.25. The number of aryl methyl sites for hydroxylation is 2. The minimum absolute atomic E-state index is 0.104. The zero-order valence-electron chi connectivity index (χ0n) is 13.0. The van der Waals surface area contributed by atoms with E-state index in [4.69, 9.17) is 5.21 Å². The molecule has 0 saturated carbocycles. The summed E-state index contributed by atoms with van der Waals surface area (Å²) in [6.07, 6.45) is 0.889. The summed E-state index contributed by atoms with van der Waals surface area (Å²) < 4.78 is 0. The number of carbonyl (C=O) groups excluding carboxylic acids is 2. The number of benzene rings is 2. The largest absolute Gasteiger partial charge is 0.326 e. The SMILES string of the molecule is Cc1ccc(CC(=O)Nc2ccccc2CCC(=O)NO)cc1. The first kappa shape index (κ1) is 16.7. The van der Waals surface area contributed by atoms with Crippen molar-refractivity contribution in [3.8, 4) is 0 Å². The second kappa shape index (κ2) is 8.10. The van der Waals surface area contributed by atoms with Gasteiger partial charge in [0.25, 0.3) is 0 Å². The molecule has 0 aromatic heterocycles. The Labute approximate surface area is 135 Å². The van der Waals surface area contributed by atoms with E-state index in [2.05, 4.69) is 5.32 Å². The molecule has 120 valence electrons. The van der Waals surface area contributed by atoms with Crippen molar-refractivity contribution in [2.24, 2.45) is 0 Å². The molecule has 0 unspecified atom stereocenters. The third-order valence-electron chi connectivity index (χ3n) is 3.52. The molecule has 3 N–H and O–H groups in total. The lowest BCUT2D eigenvalue weighted by Crippen LogP contribution is -2.19.